The van der Waals surface area contributed by atoms with Gasteiger partial charge in [0.1, 0.15) is 0 Å². The highest BCUT2D eigenvalue weighted by Crippen LogP contribution is 2.29. The Morgan fingerprint density at radius 2 is 1.80 bits per heavy atom. The Hall–Kier alpha value is -0.910. The summed E-state index contributed by atoms with van der Waals surface area (Å²) in [6.07, 6.45) is 3.77. The minimum absolute atomic E-state index is 0.0869. The minimum Gasteiger partial charge on any atom is -0.389 e. The number of benzene rings is 1. The Bertz CT molecular complexity index is 521. The highest BCUT2D eigenvalue weighted by Gasteiger charge is 2.32. The van der Waals surface area contributed by atoms with Crippen LogP contribution in [0, 0.1) is 0 Å². The SMILES string of the molecule is CN(CCS(=O)(=O)c1ccccc1)CC1(O)CCCC1. The second-order valence-corrected chi connectivity index (χ2v) is 7.91. The van der Waals surface area contributed by atoms with Crippen LogP contribution in [-0.2, 0) is 9.84 Å². The monoisotopic (exact) mass is 297 g/mol. The summed E-state index contributed by atoms with van der Waals surface area (Å²) in [4.78, 5) is 2.29. The average Bonchev–Trinajstić information content (AvgIpc) is 2.84. The molecule has 0 atom stereocenters. The molecule has 1 aromatic carbocycles. The summed E-state index contributed by atoms with van der Waals surface area (Å²) >= 11 is 0. The molecule has 0 unspecified atom stereocenters. The van der Waals surface area contributed by atoms with E-state index in [9.17, 15) is 13.5 Å². The lowest BCUT2D eigenvalue weighted by atomic mass is 10.0. The smallest absolute Gasteiger partial charge is 0.179 e. The molecule has 1 saturated carbocycles. The predicted octanol–water partition coefficient (Wildman–Crippen LogP) is 1.70. The molecule has 0 aliphatic heterocycles. The van der Waals surface area contributed by atoms with Gasteiger partial charge in [-0.05, 0) is 32.0 Å². The van der Waals surface area contributed by atoms with Crippen molar-refractivity contribution in [1.29, 1.82) is 0 Å². The van der Waals surface area contributed by atoms with Gasteiger partial charge in [-0.25, -0.2) is 8.42 Å². The molecule has 0 radical (unpaired) electrons. The quantitative estimate of drug-likeness (QED) is 0.868. The van der Waals surface area contributed by atoms with E-state index in [1.165, 1.54) is 0 Å². The number of nitrogens with zero attached hydrogens (tertiary/aromatic N) is 1. The zero-order valence-corrected chi connectivity index (χ0v) is 12.8. The summed E-state index contributed by atoms with van der Waals surface area (Å²) in [5, 5.41) is 10.3. The van der Waals surface area contributed by atoms with Crippen molar-refractivity contribution >= 4 is 9.84 Å². The minimum atomic E-state index is -3.23. The molecule has 0 aromatic heterocycles. The first-order valence-electron chi connectivity index (χ1n) is 7.10. The molecule has 1 fully saturated rings. The second-order valence-electron chi connectivity index (χ2n) is 5.80. The second kappa shape index (κ2) is 6.24. The van der Waals surface area contributed by atoms with E-state index in [0.717, 1.165) is 25.7 Å². The summed E-state index contributed by atoms with van der Waals surface area (Å²) < 4.78 is 24.3. The van der Waals surface area contributed by atoms with Gasteiger partial charge in [-0.15, -0.1) is 0 Å². The van der Waals surface area contributed by atoms with E-state index >= 15 is 0 Å². The maximum Gasteiger partial charge on any atom is 0.179 e. The maximum atomic E-state index is 12.2. The molecule has 0 amide bonds. The average molecular weight is 297 g/mol. The molecule has 1 aromatic rings. The van der Waals surface area contributed by atoms with Crippen LogP contribution in [0.1, 0.15) is 25.7 Å². The molecule has 20 heavy (non-hydrogen) atoms. The highest BCUT2D eigenvalue weighted by molar-refractivity contribution is 7.91. The van der Waals surface area contributed by atoms with Crippen molar-refractivity contribution in [1.82, 2.24) is 4.90 Å². The van der Waals surface area contributed by atoms with Crippen molar-refractivity contribution in [2.75, 3.05) is 25.9 Å². The van der Waals surface area contributed by atoms with Crippen molar-refractivity contribution in [3.8, 4) is 0 Å². The molecular weight excluding hydrogens is 274 g/mol. The van der Waals surface area contributed by atoms with E-state index in [0.29, 0.717) is 18.0 Å². The number of rotatable bonds is 6. The first-order chi connectivity index (χ1) is 9.41. The van der Waals surface area contributed by atoms with Crippen LogP contribution in [0.4, 0.5) is 0 Å². The van der Waals surface area contributed by atoms with E-state index in [-0.39, 0.29) is 5.75 Å². The van der Waals surface area contributed by atoms with Crippen molar-refractivity contribution in [2.24, 2.45) is 0 Å². The Balaban J connectivity index is 1.88. The number of likely N-dealkylation sites (N-methyl/N-ethyl adjacent to an activating group) is 1. The van der Waals surface area contributed by atoms with Crippen molar-refractivity contribution < 1.29 is 13.5 Å². The first kappa shape index (κ1) is 15.5. The fourth-order valence-electron chi connectivity index (χ4n) is 2.79. The predicted molar refractivity (Wildman–Crippen MR) is 79.4 cm³/mol. The molecule has 1 N–H and O–H groups in total. The zero-order valence-electron chi connectivity index (χ0n) is 12.0. The number of sulfone groups is 1. The van der Waals surface area contributed by atoms with Crippen LogP contribution in [0.5, 0.6) is 0 Å². The van der Waals surface area contributed by atoms with Crippen LogP contribution in [0.15, 0.2) is 35.2 Å². The van der Waals surface area contributed by atoms with Crippen molar-refractivity contribution in [3.63, 3.8) is 0 Å². The van der Waals surface area contributed by atoms with Crippen molar-refractivity contribution in [2.45, 2.75) is 36.2 Å². The molecule has 0 spiro atoms. The van der Waals surface area contributed by atoms with Crippen LogP contribution in [-0.4, -0.2) is 49.9 Å². The summed E-state index contributed by atoms with van der Waals surface area (Å²) in [7, 11) is -1.36. The number of hydrogen-bond donors (Lipinski definition) is 1. The van der Waals surface area contributed by atoms with Crippen molar-refractivity contribution in [3.05, 3.63) is 30.3 Å². The van der Waals surface area contributed by atoms with Gasteiger partial charge < -0.3 is 10.0 Å². The Kier molecular flexibility index (Phi) is 4.83. The largest absolute Gasteiger partial charge is 0.389 e. The fourth-order valence-corrected chi connectivity index (χ4v) is 4.15. The number of aliphatic hydroxyl groups is 1. The van der Waals surface area contributed by atoms with Gasteiger partial charge in [0.15, 0.2) is 9.84 Å². The third-order valence-electron chi connectivity index (χ3n) is 3.94. The van der Waals surface area contributed by atoms with Gasteiger partial charge in [-0.3, -0.25) is 0 Å². The summed E-state index contributed by atoms with van der Waals surface area (Å²) in [6, 6.07) is 8.52. The molecule has 112 valence electrons. The standard InChI is InChI=1S/C15H23NO3S/c1-16(13-15(17)9-5-6-10-15)11-12-20(18,19)14-7-3-2-4-8-14/h2-4,7-8,17H,5-6,9-13H2,1H3. The lowest BCUT2D eigenvalue weighted by molar-refractivity contribution is 0.0178. The van der Waals surface area contributed by atoms with E-state index in [2.05, 4.69) is 0 Å². The highest BCUT2D eigenvalue weighted by atomic mass is 32.2. The molecule has 0 heterocycles. The summed E-state index contributed by atoms with van der Waals surface area (Å²) in [5.74, 6) is 0.0869. The van der Waals surface area contributed by atoms with E-state index < -0.39 is 15.4 Å². The van der Waals surface area contributed by atoms with Gasteiger partial charge in [-0.2, -0.15) is 0 Å². The van der Waals surface area contributed by atoms with E-state index in [1.807, 2.05) is 11.9 Å². The normalized spacial score (nSPS) is 18.6. The van der Waals surface area contributed by atoms with Crippen LogP contribution < -0.4 is 0 Å². The van der Waals surface area contributed by atoms with Gasteiger partial charge in [0.05, 0.1) is 16.2 Å². The molecule has 1 aliphatic rings. The molecule has 4 nitrogen and oxygen atoms in total. The molecule has 2 rings (SSSR count). The number of hydrogen-bond acceptors (Lipinski definition) is 4. The lowest BCUT2D eigenvalue weighted by Gasteiger charge is -2.28. The maximum absolute atomic E-state index is 12.2. The third-order valence-corrected chi connectivity index (χ3v) is 5.65. The van der Waals surface area contributed by atoms with E-state index in [1.54, 1.807) is 30.3 Å². The lowest BCUT2D eigenvalue weighted by Crippen LogP contribution is -2.40. The van der Waals surface area contributed by atoms with Crippen LogP contribution in [0.2, 0.25) is 0 Å². The van der Waals surface area contributed by atoms with Gasteiger partial charge in [0, 0.05) is 13.1 Å². The first-order valence-corrected chi connectivity index (χ1v) is 8.75. The van der Waals surface area contributed by atoms with Gasteiger partial charge in [-0.1, -0.05) is 31.0 Å². The third kappa shape index (κ3) is 4.04. The fraction of sp³-hybridized carbons (Fsp3) is 0.600. The van der Waals surface area contributed by atoms with Gasteiger partial charge in [0.2, 0.25) is 0 Å². The molecule has 1 aliphatic carbocycles. The van der Waals surface area contributed by atoms with Gasteiger partial charge >= 0.3 is 0 Å². The molecule has 0 bridgehead atoms. The Morgan fingerprint density at radius 1 is 1.20 bits per heavy atom. The van der Waals surface area contributed by atoms with E-state index in [4.69, 9.17) is 0 Å². The summed E-state index contributed by atoms with van der Waals surface area (Å²) in [5.41, 5.74) is -0.620. The molecule has 0 saturated heterocycles. The van der Waals surface area contributed by atoms with Crippen LogP contribution in [0.25, 0.3) is 0 Å². The topological polar surface area (TPSA) is 57.6 Å². The molecular formula is C15H23NO3S. The Morgan fingerprint density at radius 3 is 2.40 bits per heavy atom. The molecule has 5 heteroatoms. The van der Waals surface area contributed by atoms with Crippen LogP contribution >= 0.6 is 0 Å². The zero-order chi connectivity index (χ0) is 14.6. The summed E-state index contributed by atoms with van der Waals surface area (Å²) in [6.45, 7) is 0.997. The van der Waals surface area contributed by atoms with Gasteiger partial charge in [0.25, 0.3) is 0 Å². The van der Waals surface area contributed by atoms with Crippen LogP contribution in [0.3, 0.4) is 0 Å². The Labute approximate surface area is 121 Å².